The third-order valence-electron chi connectivity index (χ3n) is 4.16. The molecule has 0 aromatic carbocycles. The van der Waals surface area contributed by atoms with E-state index in [1.807, 2.05) is 0 Å². The first-order valence-electron chi connectivity index (χ1n) is 9.25. The predicted octanol–water partition coefficient (Wildman–Crippen LogP) is 3.99. The van der Waals surface area contributed by atoms with Gasteiger partial charge < -0.3 is 10.2 Å². The number of aryl methyl sites for hydroxylation is 1. The number of alkyl halides is 3. The zero-order valence-corrected chi connectivity index (χ0v) is 18.2. The van der Waals surface area contributed by atoms with Crippen molar-refractivity contribution in [1.29, 1.82) is 0 Å². The summed E-state index contributed by atoms with van der Waals surface area (Å²) in [4.78, 5) is 24.7. The molecule has 6 nitrogen and oxygen atoms in total. The Labute approximate surface area is 185 Å². The lowest BCUT2D eigenvalue weighted by molar-refractivity contribution is -0.141. The number of nitrogens with one attached hydrogen (secondary N) is 1. The van der Waals surface area contributed by atoms with Crippen molar-refractivity contribution in [2.24, 2.45) is 11.1 Å². The molecule has 1 amide bonds. The summed E-state index contributed by atoms with van der Waals surface area (Å²) in [5.41, 5.74) is 0.120. The first kappa shape index (κ1) is 23.0. The van der Waals surface area contributed by atoms with Gasteiger partial charge in [0.1, 0.15) is 18.5 Å². The summed E-state index contributed by atoms with van der Waals surface area (Å²) in [5.74, 6) is 5.92. The van der Waals surface area contributed by atoms with Crippen LogP contribution < -0.4 is 5.32 Å². The minimum atomic E-state index is -4.62. The SMILES string of the molecule is CO/N=C(\CNC(=O)Cc1sc(C)nc1C(F)(F)F)c1ncc(C#CC2CC2)cc1Cl. The lowest BCUT2D eigenvalue weighted by Crippen LogP contribution is -2.32. The van der Waals surface area contributed by atoms with Crippen LogP contribution in [0.25, 0.3) is 0 Å². The Hall–Kier alpha value is -2.64. The Kier molecular flexibility index (Phi) is 7.18. The minimum absolute atomic E-state index is 0.133. The maximum Gasteiger partial charge on any atom is 0.434 e. The molecule has 0 aliphatic heterocycles. The van der Waals surface area contributed by atoms with Gasteiger partial charge in [-0.15, -0.1) is 11.3 Å². The highest BCUT2D eigenvalue weighted by Crippen LogP contribution is 2.34. The second kappa shape index (κ2) is 9.66. The molecular weight excluding hydrogens is 453 g/mol. The molecular formula is C20H18ClF3N4O2S. The van der Waals surface area contributed by atoms with E-state index in [9.17, 15) is 18.0 Å². The maximum absolute atomic E-state index is 13.1. The fraction of sp³-hybridized carbons (Fsp3) is 0.400. The van der Waals surface area contributed by atoms with Gasteiger partial charge in [0.2, 0.25) is 5.91 Å². The maximum atomic E-state index is 13.1. The number of rotatable bonds is 6. The number of hydrogen-bond donors (Lipinski definition) is 1. The van der Waals surface area contributed by atoms with Crippen LogP contribution in [0.4, 0.5) is 13.2 Å². The Morgan fingerprint density at radius 2 is 2.19 bits per heavy atom. The molecule has 3 rings (SSSR count). The van der Waals surface area contributed by atoms with Gasteiger partial charge in [-0.3, -0.25) is 9.78 Å². The van der Waals surface area contributed by atoms with E-state index >= 15 is 0 Å². The average Bonchev–Trinajstić information content (AvgIpc) is 3.44. The van der Waals surface area contributed by atoms with E-state index < -0.39 is 24.2 Å². The Morgan fingerprint density at radius 1 is 1.45 bits per heavy atom. The van der Waals surface area contributed by atoms with Crippen molar-refractivity contribution in [2.75, 3.05) is 13.7 Å². The van der Waals surface area contributed by atoms with Crippen molar-refractivity contribution < 1.29 is 22.8 Å². The summed E-state index contributed by atoms with van der Waals surface area (Å²) in [5, 5.41) is 6.87. The first-order chi connectivity index (χ1) is 14.7. The molecule has 31 heavy (non-hydrogen) atoms. The summed E-state index contributed by atoms with van der Waals surface area (Å²) in [6.45, 7) is 1.32. The van der Waals surface area contributed by atoms with Crippen LogP contribution in [0.2, 0.25) is 5.02 Å². The number of aromatic nitrogens is 2. The molecule has 1 aliphatic carbocycles. The van der Waals surface area contributed by atoms with E-state index in [1.54, 1.807) is 12.3 Å². The van der Waals surface area contributed by atoms with Crippen LogP contribution in [-0.4, -0.2) is 35.2 Å². The first-order valence-corrected chi connectivity index (χ1v) is 10.4. The van der Waals surface area contributed by atoms with Crippen molar-refractivity contribution in [3.8, 4) is 11.8 Å². The topological polar surface area (TPSA) is 76.5 Å². The second-order valence-corrected chi connectivity index (χ2v) is 8.47. The van der Waals surface area contributed by atoms with Gasteiger partial charge in [0.15, 0.2) is 5.69 Å². The summed E-state index contributed by atoms with van der Waals surface area (Å²) >= 11 is 7.13. The third-order valence-corrected chi connectivity index (χ3v) is 5.42. The van der Waals surface area contributed by atoms with E-state index in [1.165, 1.54) is 14.0 Å². The van der Waals surface area contributed by atoms with Gasteiger partial charge in [-0.1, -0.05) is 28.6 Å². The summed E-state index contributed by atoms with van der Waals surface area (Å²) in [7, 11) is 1.32. The van der Waals surface area contributed by atoms with E-state index in [-0.39, 0.29) is 32.9 Å². The van der Waals surface area contributed by atoms with E-state index in [0.29, 0.717) is 11.5 Å². The Balaban J connectivity index is 1.68. The number of nitrogens with zero attached hydrogens (tertiary/aromatic N) is 3. The van der Waals surface area contributed by atoms with Crippen LogP contribution in [-0.2, 0) is 22.2 Å². The monoisotopic (exact) mass is 470 g/mol. The van der Waals surface area contributed by atoms with Crippen LogP contribution in [0.1, 0.15) is 39.7 Å². The second-order valence-electron chi connectivity index (χ2n) is 6.77. The largest absolute Gasteiger partial charge is 0.434 e. The number of halogens is 4. The molecule has 11 heteroatoms. The summed E-state index contributed by atoms with van der Waals surface area (Å²) in [6.07, 6.45) is -1.34. The standard InChI is InChI=1S/C20H18ClF3N4O2S/c1-11-27-19(20(22,23)24)16(31-11)8-17(29)25-10-15(28-30-2)18-14(21)7-13(9-26-18)6-5-12-3-4-12/h7,9,12H,3-4,8,10H2,1-2H3,(H,25,29)/b28-15+. The number of carbonyl (C=O) groups excluding carboxylic acids is 1. The average molecular weight is 471 g/mol. The van der Waals surface area contributed by atoms with E-state index in [4.69, 9.17) is 16.4 Å². The summed E-state index contributed by atoms with van der Waals surface area (Å²) in [6, 6.07) is 1.64. The van der Waals surface area contributed by atoms with Gasteiger partial charge in [-0.25, -0.2) is 4.98 Å². The van der Waals surface area contributed by atoms with E-state index in [0.717, 1.165) is 24.2 Å². The Bertz CT molecular complexity index is 1070. The fourth-order valence-electron chi connectivity index (χ4n) is 2.60. The quantitative estimate of drug-likeness (QED) is 0.393. The predicted molar refractivity (Wildman–Crippen MR) is 111 cm³/mol. The third kappa shape index (κ3) is 6.42. The van der Waals surface area contributed by atoms with E-state index in [2.05, 4.69) is 32.3 Å². The van der Waals surface area contributed by atoms with Gasteiger partial charge in [-0.05, 0) is 25.8 Å². The molecule has 0 unspecified atom stereocenters. The van der Waals surface area contributed by atoms with Gasteiger partial charge in [0.25, 0.3) is 0 Å². The molecule has 0 saturated heterocycles. The molecule has 0 atom stereocenters. The highest BCUT2D eigenvalue weighted by Gasteiger charge is 2.37. The molecule has 1 N–H and O–H groups in total. The molecule has 0 radical (unpaired) electrons. The highest BCUT2D eigenvalue weighted by molar-refractivity contribution is 7.11. The van der Waals surface area contributed by atoms with Gasteiger partial charge in [0.05, 0.1) is 23.0 Å². The van der Waals surface area contributed by atoms with Crippen LogP contribution in [0.5, 0.6) is 0 Å². The summed E-state index contributed by atoms with van der Waals surface area (Å²) < 4.78 is 39.2. The van der Waals surface area contributed by atoms with Crippen molar-refractivity contribution in [3.63, 3.8) is 0 Å². The van der Waals surface area contributed by atoms with Crippen molar-refractivity contribution in [3.05, 3.63) is 44.1 Å². The molecule has 2 aromatic heterocycles. The zero-order valence-electron chi connectivity index (χ0n) is 16.6. The number of oxime groups is 1. The van der Waals surface area contributed by atoms with Crippen LogP contribution in [0.3, 0.4) is 0 Å². The van der Waals surface area contributed by atoms with Crippen molar-refractivity contribution >= 4 is 34.6 Å². The number of carbonyl (C=O) groups is 1. The molecule has 2 aromatic rings. The molecule has 0 bridgehead atoms. The van der Waals surface area contributed by atoms with Crippen LogP contribution in [0, 0.1) is 24.7 Å². The lowest BCUT2D eigenvalue weighted by atomic mass is 10.2. The number of pyridine rings is 1. The zero-order chi connectivity index (χ0) is 22.6. The fourth-order valence-corrected chi connectivity index (χ4v) is 3.83. The van der Waals surface area contributed by atoms with Crippen LogP contribution in [0.15, 0.2) is 17.4 Å². The molecule has 1 saturated carbocycles. The highest BCUT2D eigenvalue weighted by atomic mass is 35.5. The number of amides is 1. The smallest absolute Gasteiger partial charge is 0.399 e. The molecule has 164 valence electrons. The van der Waals surface area contributed by atoms with Gasteiger partial charge in [0, 0.05) is 22.6 Å². The molecule has 0 spiro atoms. The number of hydrogen-bond acceptors (Lipinski definition) is 6. The minimum Gasteiger partial charge on any atom is -0.399 e. The van der Waals surface area contributed by atoms with Crippen molar-refractivity contribution in [1.82, 2.24) is 15.3 Å². The number of thiazole rings is 1. The molecule has 1 aliphatic rings. The van der Waals surface area contributed by atoms with Gasteiger partial charge >= 0.3 is 6.18 Å². The molecule has 2 heterocycles. The Morgan fingerprint density at radius 3 is 2.81 bits per heavy atom. The van der Waals surface area contributed by atoms with Crippen LogP contribution >= 0.6 is 22.9 Å². The molecule has 1 fully saturated rings. The lowest BCUT2D eigenvalue weighted by Gasteiger charge is -2.10. The van der Waals surface area contributed by atoms with Crippen molar-refractivity contribution in [2.45, 2.75) is 32.4 Å². The normalized spacial score (nSPS) is 14.1. The van der Waals surface area contributed by atoms with Gasteiger partial charge in [-0.2, -0.15) is 13.2 Å².